The standard InChI is InChI=1S/C28H47N9O2/c1-21(2)37(22(3)4)13-9-29-26-25-27(36(20-30-25)15-14-34-10-5-6-24(34)38)32-28(31-26)35-11-7-23(8-12-35)33-16-18-39-19-17-33/h20-23H,5-19H2,1-4H3,(H,29,31,32). The summed E-state index contributed by atoms with van der Waals surface area (Å²) in [5, 5.41) is 3.60. The van der Waals surface area contributed by atoms with Gasteiger partial charge in [0.15, 0.2) is 17.0 Å². The Morgan fingerprint density at radius 1 is 1.03 bits per heavy atom. The van der Waals surface area contributed by atoms with Gasteiger partial charge in [-0.05, 0) is 47.0 Å². The molecule has 1 amide bonds. The topological polar surface area (TPSA) is 94.9 Å². The Morgan fingerprint density at radius 2 is 1.77 bits per heavy atom. The fourth-order valence-electron chi connectivity index (χ4n) is 6.32. The van der Waals surface area contributed by atoms with Gasteiger partial charge in [-0.1, -0.05) is 0 Å². The number of nitrogens with zero attached hydrogens (tertiary/aromatic N) is 8. The van der Waals surface area contributed by atoms with Crippen LogP contribution >= 0.6 is 0 Å². The van der Waals surface area contributed by atoms with Crippen LogP contribution in [-0.2, 0) is 16.1 Å². The second-order valence-corrected chi connectivity index (χ2v) is 11.7. The van der Waals surface area contributed by atoms with Gasteiger partial charge >= 0.3 is 0 Å². The van der Waals surface area contributed by atoms with E-state index < -0.39 is 0 Å². The highest BCUT2D eigenvalue weighted by atomic mass is 16.5. The van der Waals surface area contributed by atoms with E-state index in [2.05, 4.69) is 52.3 Å². The van der Waals surface area contributed by atoms with Gasteiger partial charge in [-0.15, -0.1) is 0 Å². The van der Waals surface area contributed by atoms with Crippen LogP contribution in [0.3, 0.4) is 0 Å². The van der Waals surface area contributed by atoms with E-state index in [-0.39, 0.29) is 5.91 Å². The van der Waals surface area contributed by atoms with E-state index in [1.807, 2.05) is 11.2 Å². The Hall–Kier alpha value is -2.50. The normalized spacial score (nSPS) is 19.9. The number of amides is 1. The molecular weight excluding hydrogens is 494 g/mol. The summed E-state index contributed by atoms with van der Waals surface area (Å²) < 4.78 is 7.65. The van der Waals surface area contributed by atoms with E-state index in [0.717, 1.165) is 101 Å². The zero-order valence-corrected chi connectivity index (χ0v) is 24.3. The van der Waals surface area contributed by atoms with Crippen molar-refractivity contribution in [3.8, 4) is 0 Å². The Bertz CT molecular complexity index is 1080. The summed E-state index contributed by atoms with van der Waals surface area (Å²) in [4.78, 5) is 36.3. The molecule has 0 bridgehead atoms. The SMILES string of the molecule is CC(C)N(CCNc1nc(N2CCC(N3CCOCC3)CC2)nc2c1ncn2CCN1CCCC1=O)C(C)C. The van der Waals surface area contributed by atoms with Crippen molar-refractivity contribution < 1.29 is 9.53 Å². The molecule has 5 rings (SSSR count). The first kappa shape index (κ1) is 28.0. The van der Waals surface area contributed by atoms with Gasteiger partial charge in [0.2, 0.25) is 11.9 Å². The highest BCUT2D eigenvalue weighted by molar-refractivity contribution is 5.84. The number of rotatable bonds is 11. The van der Waals surface area contributed by atoms with Gasteiger partial charge < -0.3 is 24.4 Å². The molecule has 3 aliphatic rings. The zero-order valence-electron chi connectivity index (χ0n) is 24.3. The van der Waals surface area contributed by atoms with Crippen LogP contribution in [0.15, 0.2) is 6.33 Å². The van der Waals surface area contributed by atoms with Gasteiger partial charge in [-0.25, -0.2) is 4.98 Å². The average Bonchev–Trinajstić information content (AvgIpc) is 3.55. The lowest BCUT2D eigenvalue weighted by Gasteiger charge is -2.40. The van der Waals surface area contributed by atoms with E-state index in [4.69, 9.17) is 19.7 Å². The number of nitrogens with one attached hydrogen (secondary N) is 1. The molecule has 5 heterocycles. The summed E-state index contributed by atoms with van der Waals surface area (Å²) in [5.41, 5.74) is 1.64. The molecule has 0 spiro atoms. The lowest BCUT2D eigenvalue weighted by atomic mass is 10.0. The predicted octanol–water partition coefficient (Wildman–Crippen LogP) is 2.28. The van der Waals surface area contributed by atoms with Crippen LogP contribution in [0.5, 0.6) is 0 Å². The fraction of sp³-hybridized carbons (Fsp3) is 0.786. The molecule has 3 saturated heterocycles. The molecule has 0 saturated carbocycles. The molecule has 11 nitrogen and oxygen atoms in total. The van der Waals surface area contributed by atoms with Crippen molar-refractivity contribution in [1.29, 1.82) is 0 Å². The van der Waals surface area contributed by atoms with Crippen LogP contribution in [-0.4, -0.2) is 124 Å². The van der Waals surface area contributed by atoms with E-state index >= 15 is 0 Å². The van der Waals surface area contributed by atoms with Crippen LogP contribution in [0.4, 0.5) is 11.8 Å². The van der Waals surface area contributed by atoms with Gasteiger partial charge in [-0.2, -0.15) is 9.97 Å². The maximum atomic E-state index is 12.2. The molecule has 2 aromatic rings. The van der Waals surface area contributed by atoms with Crippen molar-refractivity contribution in [3.63, 3.8) is 0 Å². The van der Waals surface area contributed by atoms with Crippen LogP contribution in [0.25, 0.3) is 11.2 Å². The number of carbonyl (C=O) groups excluding carboxylic acids is 1. The van der Waals surface area contributed by atoms with Gasteiger partial charge in [0, 0.05) is 83.4 Å². The summed E-state index contributed by atoms with van der Waals surface area (Å²) in [6.45, 7) is 18.5. The molecule has 0 aromatic carbocycles. The second kappa shape index (κ2) is 12.8. The highest BCUT2D eigenvalue weighted by Crippen LogP contribution is 2.26. The summed E-state index contributed by atoms with van der Waals surface area (Å²) in [7, 11) is 0. The number of ether oxygens (including phenoxy) is 1. The molecule has 2 aromatic heterocycles. The van der Waals surface area contributed by atoms with Gasteiger partial charge in [0.05, 0.1) is 19.5 Å². The third-order valence-corrected chi connectivity index (χ3v) is 8.53. The first-order valence-electron chi connectivity index (χ1n) is 15.0. The van der Waals surface area contributed by atoms with Crippen LogP contribution in [0.2, 0.25) is 0 Å². The molecular formula is C28H47N9O2. The van der Waals surface area contributed by atoms with Crippen molar-refractivity contribution in [2.75, 3.05) is 75.8 Å². The zero-order chi connectivity index (χ0) is 27.4. The van der Waals surface area contributed by atoms with Gasteiger partial charge in [0.1, 0.15) is 0 Å². The molecule has 0 unspecified atom stereocenters. The Labute approximate surface area is 232 Å². The smallest absolute Gasteiger partial charge is 0.229 e. The summed E-state index contributed by atoms with van der Waals surface area (Å²) in [6.07, 6.45) is 5.69. The minimum atomic E-state index is 0.250. The number of hydrogen-bond acceptors (Lipinski definition) is 9. The predicted molar refractivity (Wildman–Crippen MR) is 154 cm³/mol. The van der Waals surface area contributed by atoms with Crippen LogP contribution in [0.1, 0.15) is 53.4 Å². The number of morpholine rings is 1. The maximum absolute atomic E-state index is 12.2. The summed E-state index contributed by atoms with van der Waals surface area (Å²) >= 11 is 0. The molecule has 3 fully saturated rings. The monoisotopic (exact) mass is 541 g/mol. The number of aromatic nitrogens is 4. The Morgan fingerprint density at radius 3 is 2.44 bits per heavy atom. The minimum Gasteiger partial charge on any atom is -0.379 e. The quantitative estimate of drug-likeness (QED) is 0.460. The molecule has 11 heteroatoms. The van der Waals surface area contributed by atoms with Crippen molar-refractivity contribution in [1.82, 2.24) is 34.2 Å². The first-order valence-corrected chi connectivity index (χ1v) is 15.0. The third kappa shape index (κ3) is 6.63. The average molecular weight is 542 g/mol. The van der Waals surface area contributed by atoms with Gasteiger partial charge in [0.25, 0.3) is 0 Å². The lowest BCUT2D eigenvalue weighted by Crippen LogP contribution is -2.49. The van der Waals surface area contributed by atoms with E-state index in [9.17, 15) is 4.79 Å². The van der Waals surface area contributed by atoms with Crippen molar-refractivity contribution in [2.45, 2.75) is 78.0 Å². The summed E-state index contributed by atoms with van der Waals surface area (Å²) in [6, 6.07) is 1.56. The molecule has 3 aliphatic heterocycles. The summed E-state index contributed by atoms with van der Waals surface area (Å²) in [5.74, 6) is 1.82. The van der Waals surface area contributed by atoms with Crippen LogP contribution in [0, 0.1) is 0 Å². The Kier molecular flexibility index (Phi) is 9.19. The maximum Gasteiger partial charge on any atom is 0.229 e. The third-order valence-electron chi connectivity index (χ3n) is 8.53. The number of carbonyl (C=O) groups is 1. The van der Waals surface area contributed by atoms with Crippen molar-refractivity contribution >= 4 is 28.8 Å². The fourth-order valence-corrected chi connectivity index (χ4v) is 6.32. The number of anilines is 2. The van der Waals surface area contributed by atoms with E-state index in [1.54, 1.807) is 0 Å². The van der Waals surface area contributed by atoms with Crippen molar-refractivity contribution in [2.24, 2.45) is 0 Å². The van der Waals surface area contributed by atoms with E-state index in [1.165, 1.54) is 0 Å². The van der Waals surface area contributed by atoms with E-state index in [0.29, 0.717) is 37.6 Å². The molecule has 39 heavy (non-hydrogen) atoms. The number of imidazole rings is 1. The van der Waals surface area contributed by atoms with Crippen LogP contribution < -0.4 is 10.2 Å². The second-order valence-electron chi connectivity index (χ2n) is 11.7. The number of piperidine rings is 1. The molecule has 0 radical (unpaired) electrons. The Balaban J connectivity index is 1.33. The molecule has 216 valence electrons. The molecule has 0 atom stereocenters. The highest BCUT2D eigenvalue weighted by Gasteiger charge is 2.28. The molecule has 1 N–H and O–H groups in total. The largest absolute Gasteiger partial charge is 0.379 e. The number of likely N-dealkylation sites (tertiary alicyclic amines) is 1. The first-order chi connectivity index (χ1) is 18.9. The lowest BCUT2D eigenvalue weighted by molar-refractivity contribution is -0.127. The number of hydrogen-bond donors (Lipinski definition) is 1. The molecule has 0 aliphatic carbocycles. The van der Waals surface area contributed by atoms with Gasteiger partial charge in [-0.3, -0.25) is 14.6 Å². The van der Waals surface area contributed by atoms with Crippen molar-refractivity contribution in [3.05, 3.63) is 6.33 Å². The number of fused-ring (bicyclic) bond motifs is 1. The minimum absolute atomic E-state index is 0.250.